The van der Waals surface area contributed by atoms with Crippen LogP contribution in [0.4, 0.5) is 5.69 Å². The maximum Gasteiger partial charge on any atom is 0.232 e. The molecule has 1 aromatic carbocycles. The van der Waals surface area contributed by atoms with Crippen molar-refractivity contribution in [2.75, 3.05) is 36.7 Å². The molecular formula is C19H30N2O3S. The van der Waals surface area contributed by atoms with Crippen molar-refractivity contribution in [1.82, 2.24) is 4.90 Å². The van der Waals surface area contributed by atoms with Crippen LogP contribution in [0.5, 0.6) is 0 Å². The topological polar surface area (TPSA) is 60.9 Å². The maximum atomic E-state index is 12.0. The van der Waals surface area contributed by atoms with Crippen molar-refractivity contribution in [3.05, 3.63) is 29.3 Å². The van der Waals surface area contributed by atoms with Gasteiger partial charge in [0.1, 0.15) is 0 Å². The number of hydrogen-bond donors (Lipinski definition) is 1. The Hall–Kier alpha value is -1.11. The minimum Gasteiger partial charge on any atom is -0.387 e. The lowest BCUT2D eigenvalue weighted by Gasteiger charge is -2.36. The second-order valence-corrected chi connectivity index (χ2v) is 9.91. The first kappa shape index (κ1) is 18.7. The summed E-state index contributed by atoms with van der Waals surface area (Å²) in [6.45, 7) is 7.80. The molecule has 0 bridgehead atoms. The van der Waals surface area contributed by atoms with E-state index in [0.29, 0.717) is 24.9 Å². The molecule has 1 aromatic rings. The molecule has 2 aliphatic rings. The largest absolute Gasteiger partial charge is 0.387 e. The number of piperidine rings is 1. The molecule has 5 nitrogen and oxygen atoms in total. The molecule has 0 radical (unpaired) electrons. The van der Waals surface area contributed by atoms with Crippen molar-refractivity contribution in [3.8, 4) is 0 Å². The molecule has 140 valence electrons. The number of likely N-dealkylation sites (tertiary alicyclic amines) is 1. The number of benzene rings is 1. The molecule has 0 saturated carbocycles. The predicted molar refractivity (Wildman–Crippen MR) is 101 cm³/mol. The second-order valence-electron chi connectivity index (χ2n) is 8.01. The van der Waals surface area contributed by atoms with Crippen LogP contribution in [0.15, 0.2) is 18.2 Å². The molecule has 0 unspecified atom stereocenters. The average Bonchev–Trinajstić information content (AvgIpc) is 2.51. The number of rotatable bonds is 4. The first-order chi connectivity index (χ1) is 11.7. The van der Waals surface area contributed by atoms with Crippen LogP contribution in [0.25, 0.3) is 0 Å². The number of nitrogens with zero attached hydrogens (tertiary/aromatic N) is 2. The summed E-state index contributed by atoms with van der Waals surface area (Å²) in [7, 11) is -3.24. The number of aliphatic hydroxyl groups excluding tert-OH is 1. The fraction of sp³-hybridized carbons (Fsp3) is 0.684. The number of aryl methyl sites for hydroxylation is 1. The molecule has 2 aliphatic heterocycles. The van der Waals surface area contributed by atoms with E-state index in [1.54, 1.807) is 0 Å². The molecule has 0 aliphatic carbocycles. The van der Waals surface area contributed by atoms with Crippen molar-refractivity contribution in [1.29, 1.82) is 0 Å². The van der Waals surface area contributed by atoms with Crippen LogP contribution in [0.3, 0.4) is 0 Å². The zero-order chi connectivity index (χ0) is 18.2. The zero-order valence-corrected chi connectivity index (χ0v) is 16.3. The second kappa shape index (κ2) is 7.25. The third-order valence-electron chi connectivity index (χ3n) is 5.34. The Kier molecular flexibility index (Phi) is 5.42. The van der Waals surface area contributed by atoms with E-state index in [9.17, 15) is 13.5 Å². The number of β-amino-alcohol motifs (C(OH)–C–C–N with tert-alkyl or cyclic N) is 1. The van der Waals surface area contributed by atoms with Crippen LogP contribution < -0.4 is 4.31 Å². The number of anilines is 1. The van der Waals surface area contributed by atoms with Gasteiger partial charge < -0.3 is 5.11 Å². The van der Waals surface area contributed by atoms with Crippen molar-refractivity contribution in [2.24, 2.45) is 11.8 Å². The molecule has 25 heavy (non-hydrogen) atoms. The molecule has 1 fully saturated rings. The molecule has 1 N–H and O–H groups in total. The Morgan fingerprint density at radius 2 is 1.92 bits per heavy atom. The van der Waals surface area contributed by atoms with Crippen molar-refractivity contribution in [2.45, 2.75) is 39.2 Å². The van der Waals surface area contributed by atoms with E-state index < -0.39 is 16.1 Å². The smallest absolute Gasteiger partial charge is 0.232 e. The maximum absolute atomic E-state index is 12.0. The Labute approximate surface area is 151 Å². The molecule has 1 saturated heterocycles. The Morgan fingerprint density at radius 3 is 2.56 bits per heavy atom. The number of sulfonamides is 1. The van der Waals surface area contributed by atoms with Crippen LogP contribution in [0, 0.1) is 11.8 Å². The van der Waals surface area contributed by atoms with E-state index in [1.165, 1.54) is 17.0 Å². The predicted octanol–water partition coefficient (Wildman–Crippen LogP) is 2.41. The van der Waals surface area contributed by atoms with Crippen LogP contribution >= 0.6 is 0 Å². The lowest BCUT2D eigenvalue weighted by molar-refractivity contribution is 0.0699. The molecule has 6 heteroatoms. The summed E-state index contributed by atoms with van der Waals surface area (Å²) < 4.78 is 25.4. The van der Waals surface area contributed by atoms with Crippen LogP contribution in [0.1, 0.15) is 43.9 Å². The SMILES string of the molecule is C[C@@H]1C[C@@H](C)CN(C[C@H](O)c2ccc3c(c2)CCCN3S(C)(=O)=O)C1. The van der Waals surface area contributed by atoms with E-state index in [-0.39, 0.29) is 0 Å². The molecule has 0 aromatic heterocycles. The fourth-order valence-corrected chi connectivity index (χ4v) is 5.42. The highest BCUT2D eigenvalue weighted by Gasteiger charge is 2.26. The van der Waals surface area contributed by atoms with Gasteiger partial charge in [-0.2, -0.15) is 0 Å². The van der Waals surface area contributed by atoms with Gasteiger partial charge in [0, 0.05) is 26.2 Å². The highest BCUT2D eigenvalue weighted by molar-refractivity contribution is 7.92. The Balaban J connectivity index is 1.75. The number of fused-ring (bicyclic) bond motifs is 1. The van der Waals surface area contributed by atoms with Gasteiger partial charge in [0.15, 0.2) is 0 Å². The highest BCUT2D eigenvalue weighted by atomic mass is 32.2. The van der Waals surface area contributed by atoms with Gasteiger partial charge >= 0.3 is 0 Å². The monoisotopic (exact) mass is 366 g/mol. The van der Waals surface area contributed by atoms with E-state index in [2.05, 4.69) is 18.7 Å². The van der Waals surface area contributed by atoms with Crippen molar-refractivity contribution < 1.29 is 13.5 Å². The minimum absolute atomic E-state index is 0.531. The fourth-order valence-electron chi connectivity index (χ4n) is 4.43. The molecule has 3 rings (SSSR count). The molecular weight excluding hydrogens is 336 g/mol. The summed E-state index contributed by atoms with van der Waals surface area (Å²) in [5.41, 5.74) is 2.68. The van der Waals surface area contributed by atoms with E-state index in [4.69, 9.17) is 0 Å². The molecule has 0 amide bonds. The van der Waals surface area contributed by atoms with Crippen LogP contribution in [0.2, 0.25) is 0 Å². The first-order valence-electron chi connectivity index (χ1n) is 9.25. The lowest BCUT2D eigenvalue weighted by Crippen LogP contribution is -2.40. The summed E-state index contributed by atoms with van der Waals surface area (Å²) in [6.07, 6.45) is 3.66. The summed E-state index contributed by atoms with van der Waals surface area (Å²) in [6, 6.07) is 5.73. The molecule has 0 spiro atoms. The Morgan fingerprint density at radius 1 is 1.24 bits per heavy atom. The molecule has 2 heterocycles. The van der Waals surface area contributed by atoms with Crippen molar-refractivity contribution in [3.63, 3.8) is 0 Å². The van der Waals surface area contributed by atoms with Gasteiger partial charge in [-0.1, -0.05) is 26.0 Å². The summed E-state index contributed by atoms with van der Waals surface area (Å²) >= 11 is 0. The first-order valence-corrected chi connectivity index (χ1v) is 11.1. The van der Waals surface area contributed by atoms with Gasteiger partial charge in [0.2, 0.25) is 10.0 Å². The normalized spacial score (nSPS) is 26.3. The zero-order valence-electron chi connectivity index (χ0n) is 15.5. The lowest BCUT2D eigenvalue weighted by atomic mass is 9.91. The average molecular weight is 367 g/mol. The third kappa shape index (κ3) is 4.36. The van der Waals surface area contributed by atoms with Gasteiger partial charge in [-0.15, -0.1) is 0 Å². The standard InChI is InChI=1S/C19H30N2O3S/c1-14-9-15(2)12-20(11-14)13-19(22)17-6-7-18-16(10-17)5-4-8-21(18)25(3,23)24/h6-7,10,14-15,19,22H,4-5,8-9,11-13H2,1-3H3/t14-,15-,19+/m1/s1. The quantitative estimate of drug-likeness (QED) is 0.889. The van der Waals surface area contributed by atoms with E-state index >= 15 is 0 Å². The van der Waals surface area contributed by atoms with E-state index in [1.807, 2.05) is 18.2 Å². The van der Waals surface area contributed by atoms with Gasteiger partial charge in [0.25, 0.3) is 0 Å². The number of hydrogen-bond acceptors (Lipinski definition) is 4. The summed E-state index contributed by atoms with van der Waals surface area (Å²) in [5, 5.41) is 10.7. The van der Waals surface area contributed by atoms with Crippen LogP contribution in [-0.2, 0) is 16.4 Å². The van der Waals surface area contributed by atoms with Crippen LogP contribution in [-0.4, -0.2) is 50.9 Å². The van der Waals surface area contributed by atoms with Gasteiger partial charge in [-0.25, -0.2) is 8.42 Å². The van der Waals surface area contributed by atoms with Gasteiger partial charge in [-0.3, -0.25) is 9.21 Å². The van der Waals surface area contributed by atoms with Crippen molar-refractivity contribution >= 4 is 15.7 Å². The summed E-state index contributed by atoms with van der Waals surface area (Å²) in [5.74, 6) is 1.34. The third-order valence-corrected chi connectivity index (χ3v) is 6.52. The summed E-state index contributed by atoms with van der Waals surface area (Å²) in [4.78, 5) is 2.35. The number of aliphatic hydroxyl groups is 1. The minimum atomic E-state index is -3.24. The van der Waals surface area contributed by atoms with Gasteiger partial charge in [0.05, 0.1) is 18.0 Å². The molecule has 3 atom stereocenters. The Bertz CT molecular complexity index is 709. The van der Waals surface area contributed by atoms with Gasteiger partial charge in [-0.05, 0) is 48.3 Å². The van der Waals surface area contributed by atoms with E-state index in [0.717, 1.165) is 42.7 Å². The highest BCUT2D eigenvalue weighted by Crippen LogP contribution is 2.32.